The van der Waals surface area contributed by atoms with E-state index >= 15 is 0 Å². The summed E-state index contributed by atoms with van der Waals surface area (Å²) < 4.78 is 9.98. The van der Waals surface area contributed by atoms with Gasteiger partial charge in [0.05, 0.1) is 18.9 Å². The molecule has 1 aromatic rings. The summed E-state index contributed by atoms with van der Waals surface area (Å²) in [5.41, 5.74) is -0.0597. The molecule has 13 heavy (non-hydrogen) atoms. The number of hydrogen-bond donors (Lipinski definition) is 1. The molecule has 0 saturated carbocycles. The van der Waals surface area contributed by atoms with E-state index in [-0.39, 0.29) is 0 Å². The van der Waals surface area contributed by atoms with Gasteiger partial charge in [-0.05, 0) is 5.92 Å². The maximum absolute atomic E-state index is 9.82. The number of aliphatic hydroxyl groups is 1. The van der Waals surface area contributed by atoms with Gasteiger partial charge in [0, 0.05) is 6.07 Å². The zero-order valence-electron chi connectivity index (χ0n) is 7.78. The Morgan fingerprint density at radius 1 is 1.54 bits per heavy atom. The monoisotopic (exact) mass is 183 g/mol. The first kappa shape index (κ1) is 8.72. The molecule has 0 spiro atoms. The molecule has 1 aliphatic rings. The van der Waals surface area contributed by atoms with Gasteiger partial charge in [-0.1, -0.05) is 19.0 Å². The van der Waals surface area contributed by atoms with Crippen LogP contribution in [0.15, 0.2) is 10.6 Å². The van der Waals surface area contributed by atoms with Crippen molar-refractivity contribution in [2.45, 2.75) is 25.4 Å². The summed E-state index contributed by atoms with van der Waals surface area (Å²) in [5, 5.41) is 13.7. The maximum atomic E-state index is 9.82. The first-order valence-corrected chi connectivity index (χ1v) is 4.39. The topological polar surface area (TPSA) is 55.5 Å². The Kier molecular flexibility index (Phi) is 1.89. The minimum Gasteiger partial charge on any atom is -0.377 e. The van der Waals surface area contributed by atoms with Crippen molar-refractivity contribution in [1.82, 2.24) is 5.16 Å². The summed E-state index contributed by atoms with van der Waals surface area (Å²) in [6.45, 7) is 4.67. The van der Waals surface area contributed by atoms with E-state index in [1.807, 2.05) is 13.8 Å². The lowest BCUT2D eigenvalue weighted by molar-refractivity contribution is -0.195. The lowest BCUT2D eigenvalue weighted by atomic mass is 9.98. The zero-order chi connectivity index (χ0) is 9.47. The van der Waals surface area contributed by atoms with Crippen LogP contribution in [0.3, 0.4) is 0 Å². The van der Waals surface area contributed by atoms with Gasteiger partial charge in [-0.25, -0.2) is 0 Å². The molecule has 0 unspecified atom stereocenters. The van der Waals surface area contributed by atoms with E-state index in [1.165, 1.54) is 0 Å². The highest BCUT2D eigenvalue weighted by Crippen LogP contribution is 2.30. The third-order valence-electron chi connectivity index (χ3n) is 2.26. The second-order valence-electron chi connectivity index (χ2n) is 3.80. The summed E-state index contributed by atoms with van der Waals surface area (Å²) in [4.78, 5) is 0. The summed E-state index contributed by atoms with van der Waals surface area (Å²) in [6, 6.07) is 1.80. The van der Waals surface area contributed by atoms with Crippen LogP contribution in [-0.4, -0.2) is 23.5 Å². The van der Waals surface area contributed by atoms with Crippen LogP contribution in [0.1, 0.15) is 31.2 Å². The highest BCUT2D eigenvalue weighted by molar-refractivity contribution is 5.17. The van der Waals surface area contributed by atoms with Crippen LogP contribution < -0.4 is 0 Å². The van der Waals surface area contributed by atoms with E-state index in [2.05, 4.69) is 5.16 Å². The minimum absolute atomic E-state index is 0.305. The molecule has 1 saturated heterocycles. The lowest BCUT2D eigenvalue weighted by Crippen LogP contribution is -2.46. The lowest BCUT2D eigenvalue weighted by Gasteiger charge is -2.33. The Morgan fingerprint density at radius 2 is 2.23 bits per heavy atom. The number of hydrogen-bond acceptors (Lipinski definition) is 4. The van der Waals surface area contributed by atoms with Gasteiger partial charge in [-0.3, -0.25) is 0 Å². The van der Waals surface area contributed by atoms with Crippen molar-refractivity contribution in [3.63, 3.8) is 0 Å². The van der Waals surface area contributed by atoms with Crippen LogP contribution in [0.4, 0.5) is 0 Å². The van der Waals surface area contributed by atoms with E-state index in [9.17, 15) is 5.11 Å². The van der Waals surface area contributed by atoms with Gasteiger partial charge in [-0.2, -0.15) is 0 Å². The molecule has 0 aliphatic carbocycles. The highest BCUT2D eigenvalue weighted by Gasteiger charge is 2.42. The molecule has 4 nitrogen and oxygen atoms in total. The van der Waals surface area contributed by atoms with Gasteiger partial charge in [0.15, 0.2) is 11.4 Å². The van der Waals surface area contributed by atoms with Crippen molar-refractivity contribution >= 4 is 0 Å². The van der Waals surface area contributed by atoms with Crippen LogP contribution in [0, 0.1) is 0 Å². The molecule has 4 heteroatoms. The third kappa shape index (κ3) is 1.36. The van der Waals surface area contributed by atoms with Gasteiger partial charge >= 0.3 is 0 Å². The van der Waals surface area contributed by atoms with Crippen molar-refractivity contribution in [1.29, 1.82) is 0 Å². The standard InChI is InChI=1S/C9H13NO3/c1-6(2)7-3-8(13-10-7)9(11)4-12-5-9/h3,6,11H,4-5H2,1-2H3. The van der Waals surface area contributed by atoms with Crippen molar-refractivity contribution in [3.05, 3.63) is 17.5 Å². The Balaban J connectivity index is 2.22. The summed E-state index contributed by atoms with van der Waals surface area (Å²) in [5.74, 6) is 0.838. The van der Waals surface area contributed by atoms with Crippen molar-refractivity contribution < 1.29 is 14.4 Å². The van der Waals surface area contributed by atoms with Gasteiger partial charge < -0.3 is 14.4 Å². The van der Waals surface area contributed by atoms with Crippen LogP contribution in [0.5, 0.6) is 0 Å². The maximum Gasteiger partial charge on any atom is 0.173 e. The van der Waals surface area contributed by atoms with Crippen molar-refractivity contribution in [2.75, 3.05) is 13.2 Å². The molecule has 2 heterocycles. The van der Waals surface area contributed by atoms with Gasteiger partial charge in [-0.15, -0.1) is 0 Å². The van der Waals surface area contributed by atoms with E-state index in [0.717, 1.165) is 5.69 Å². The number of rotatable bonds is 2. The average Bonchev–Trinajstić information content (AvgIpc) is 2.48. The van der Waals surface area contributed by atoms with E-state index < -0.39 is 5.60 Å². The minimum atomic E-state index is -0.930. The van der Waals surface area contributed by atoms with Crippen LogP contribution in [0.25, 0.3) is 0 Å². The highest BCUT2D eigenvalue weighted by atomic mass is 16.6. The molecule has 0 radical (unpaired) electrons. The van der Waals surface area contributed by atoms with E-state index in [1.54, 1.807) is 6.07 Å². The fourth-order valence-corrected chi connectivity index (χ4v) is 1.22. The normalized spacial score (nSPS) is 20.3. The first-order chi connectivity index (χ1) is 6.12. The van der Waals surface area contributed by atoms with Crippen molar-refractivity contribution in [2.24, 2.45) is 0 Å². The van der Waals surface area contributed by atoms with Crippen molar-refractivity contribution in [3.8, 4) is 0 Å². The molecule has 1 fully saturated rings. The molecular formula is C9H13NO3. The predicted molar refractivity (Wildman–Crippen MR) is 45.3 cm³/mol. The van der Waals surface area contributed by atoms with Crippen LogP contribution in [0.2, 0.25) is 0 Å². The number of aromatic nitrogens is 1. The molecule has 1 aromatic heterocycles. The molecule has 1 N–H and O–H groups in total. The zero-order valence-corrected chi connectivity index (χ0v) is 7.78. The Morgan fingerprint density at radius 3 is 2.62 bits per heavy atom. The number of ether oxygens (including phenoxy) is 1. The molecular weight excluding hydrogens is 170 g/mol. The predicted octanol–water partition coefficient (Wildman–Crippen LogP) is 1.02. The van der Waals surface area contributed by atoms with Crippen LogP contribution >= 0.6 is 0 Å². The first-order valence-electron chi connectivity index (χ1n) is 4.39. The Labute approximate surface area is 76.5 Å². The molecule has 0 bridgehead atoms. The smallest absolute Gasteiger partial charge is 0.173 e. The second kappa shape index (κ2) is 2.82. The second-order valence-corrected chi connectivity index (χ2v) is 3.80. The SMILES string of the molecule is CC(C)c1cc(C2(O)COC2)on1. The van der Waals surface area contributed by atoms with Gasteiger partial charge in [0.1, 0.15) is 0 Å². The summed E-state index contributed by atoms with van der Waals surface area (Å²) >= 11 is 0. The summed E-state index contributed by atoms with van der Waals surface area (Å²) in [6.07, 6.45) is 0. The molecule has 2 rings (SSSR count). The molecule has 72 valence electrons. The van der Waals surface area contributed by atoms with Gasteiger partial charge in [0.25, 0.3) is 0 Å². The Hall–Kier alpha value is -0.870. The van der Waals surface area contributed by atoms with E-state index in [4.69, 9.17) is 9.26 Å². The molecule has 1 aliphatic heterocycles. The Bertz CT molecular complexity index is 302. The van der Waals surface area contributed by atoms with Crippen LogP contribution in [-0.2, 0) is 10.3 Å². The fourth-order valence-electron chi connectivity index (χ4n) is 1.22. The summed E-state index contributed by atoms with van der Waals surface area (Å²) in [7, 11) is 0. The number of nitrogens with zero attached hydrogens (tertiary/aromatic N) is 1. The largest absolute Gasteiger partial charge is 0.377 e. The van der Waals surface area contributed by atoms with E-state index in [0.29, 0.717) is 24.9 Å². The molecule has 0 aromatic carbocycles. The third-order valence-corrected chi connectivity index (χ3v) is 2.26. The quantitative estimate of drug-likeness (QED) is 0.743. The fraction of sp³-hybridized carbons (Fsp3) is 0.667. The molecule has 0 amide bonds. The average molecular weight is 183 g/mol. The van der Waals surface area contributed by atoms with Gasteiger partial charge in [0.2, 0.25) is 0 Å². The molecule has 0 atom stereocenters.